The second-order valence-corrected chi connectivity index (χ2v) is 4.23. The summed E-state index contributed by atoms with van der Waals surface area (Å²) in [4.78, 5) is 4.39. The minimum atomic E-state index is -0.0270. The van der Waals surface area contributed by atoms with E-state index in [0.29, 0.717) is 0 Å². The van der Waals surface area contributed by atoms with Crippen LogP contribution in [0.3, 0.4) is 0 Å². The zero-order valence-electron chi connectivity index (χ0n) is 11.7. The summed E-state index contributed by atoms with van der Waals surface area (Å²) in [5.41, 5.74) is 1.03. The van der Waals surface area contributed by atoms with Gasteiger partial charge in [0.05, 0.1) is 20.3 Å². The lowest BCUT2D eigenvalue weighted by atomic mass is 10.0. The third kappa shape index (κ3) is 2.56. The van der Waals surface area contributed by atoms with E-state index in [1.807, 2.05) is 43.1 Å². The van der Waals surface area contributed by atoms with Gasteiger partial charge in [0.15, 0.2) is 0 Å². The molecule has 2 aromatic rings. The molecule has 0 saturated heterocycles. The Hall–Kier alpha value is -2.01. The van der Waals surface area contributed by atoms with Crippen molar-refractivity contribution in [2.45, 2.75) is 6.04 Å². The van der Waals surface area contributed by atoms with Gasteiger partial charge < -0.3 is 19.4 Å². The topological polar surface area (TPSA) is 48.3 Å². The molecule has 0 aliphatic rings. The van der Waals surface area contributed by atoms with E-state index in [2.05, 4.69) is 10.3 Å². The highest BCUT2D eigenvalue weighted by Crippen LogP contribution is 2.32. The Labute approximate surface area is 113 Å². The number of aryl methyl sites for hydroxylation is 1. The lowest BCUT2D eigenvalue weighted by Gasteiger charge is -2.19. The minimum Gasteiger partial charge on any atom is -0.497 e. The molecule has 5 nitrogen and oxygen atoms in total. The van der Waals surface area contributed by atoms with Crippen molar-refractivity contribution in [2.75, 3.05) is 21.3 Å². The normalized spacial score (nSPS) is 12.2. The first-order chi connectivity index (χ1) is 9.21. The summed E-state index contributed by atoms with van der Waals surface area (Å²) in [6, 6.07) is 5.77. The number of hydrogen-bond acceptors (Lipinski definition) is 4. The Morgan fingerprint density at radius 1 is 1.26 bits per heavy atom. The van der Waals surface area contributed by atoms with Gasteiger partial charge in [-0.25, -0.2) is 4.98 Å². The summed E-state index contributed by atoms with van der Waals surface area (Å²) >= 11 is 0. The molecule has 1 aromatic carbocycles. The molecule has 1 heterocycles. The van der Waals surface area contributed by atoms with E-state index < -0.39 is 0 Å². The van der Waals surface area contributed by atoms with E-state index >= 15 is 0 Å². The predicted molar refractivity (Wildman–Crippen MR) is 73.7 cm³/mol. The van der Waals surface area contributed by atoms with Crippen molar-refractivity contribution in [2.24, 2.45) is 7.05 Å². The van der Waals surface area contributed by atoms with Crippen LogP contribution in [0.1, 0.15) is 17.4 Å². The molecule has 0 aliphatic carbocycles. The summed E-state index contributed by atoms with van der Waals surface area (Å²) in [7, 11) is 7.18. The molecule has 0 saturated carbocycles. The number of imidazole rings is 1. The number of hydrogen-bond donors (Lipinski definition) is 1. The quantitative estimate of drug-likeness (QED) is 0.890. The predicted octanol–water partition coefficient (Wildman–Crippen LogP) is 1.75. The standard InChI is InChI=1S/C14H19N3O2/c1-15-13(14-16-7-8-17(14)2)11-6-5-10(18-3)9-12(11)19-4/h5-9,13,15H,1-4H3. The van der Waals surface area contributed by atoms with E-state index in [0.717, 1.165) is 22.9 Å². The number of nitrogens with one attached hydrogen (secondary N) is 1. The van der Waals surface area contributed by atoms with Gasteiger partial charge in [0.1, 0.15) is 17.3 Å². The number of benzene rings is 1. The lowest BCUT2D eigenvalue weighted by Crippen LogP contribution is -2.21. The third-order valence-electron chi connectivity index (χ3n) is 3.16. The van der Waals surface area contributed by atoms with Crippen molar-refractivity contribution < 1.29 is 9.47 Å². The maximum atomic E-state index is 5.45. The molecule has 1 N–H and O–H groups in total. The maximum Gasteiger partial charge on any atom is 0.130 e. The summed E-state index contributed by atoms with van der Waals surface area (Å²) in [5, 5.41) is 3.27. The summed E-state index contributed by atoms with van der Waals surface area (Å²) in [6.07, 6.45) is 3.71. The molecule has 0 aliphatic heterocycles. The SMILES string of the molecule is CNC(c1ccc(OC)cc1OC)c1nccn1C. The summed E-state index contributed by atoms with van der Waals surface area (Å²) in [6.45, 7) is 0. The van der Waals surface area contributed by atoms with Crippen LogP contribution in [0, 0.1) is 0 Å². The molecule has 102 valence electrons. The van der Waals surface area contributed by atoms with Crippen LogP contribution in [-0.2, 0) is 7.05 Å². The van der Waals surface area contributed by atoms with Crippen molar-refractivity contribution >= 4 is 0 Å². The molecule has 5 heteroatoms. The van der Waals surface area contributed by atoms with Crippen LogP contribution in [0.25, 0.3) is 0 Å². The molecule has 0 radical (unpaired) electrons. The number of rotatable bonds is 5. The summed E-state index contributed by atoms with van der Waals surface area (Å²) in [5.74, 6) is 2.49. The van der Waals surface area contributed by atoms with Gasteiger partial charge in [-0.3, -0.25) is 0 Å². The van der Waals surface area contributed by atoms with E-state index in [4.69, 9.17) is 9.47 Å². The van der Waals surface area contributed by atoms with Crippen molar-refractivity contribution in [3.05, 3.63) is 42.0 Å². The molecule has 0 spiro atoms. The fourth-order valence-electron chi connectivity index (χ4n) is 2.14. The van der Waals surface area contributed by atoms with Crippen molar-refractivity contribution in [3.8, 4) is 11.5 Å². The summed E-state index contributed by atoms with van der Waals surface area (Å²) < 4.78 is 12.7. The molecule has 1 unspecified atom stereocenters. The zero-order chi connectivity index (χ0) is 13.8. The first-order valence-corrected chi connectivity index (χ1v) is 6.07. The number of nitrogens with zero attached hydrogens (tertiary/aromatic N) is 2. The van der Waals surface area contributed by atoms with Crippen LogP contribution in [0.15, 0.2) is 30.6 Å². The average Bonchev–Trinajstić information content (AvgIpc) is 2.86. The van der Waals surface area contributed by atoms with Crippen LogP contribution in [0.2, 0.25) is 0 Å². The van der Waals surface area contributed by atoms with Crippen LogP contribution < -0.4 is 14.8 Å². The van der Waals surface area contributed by atoms with Crippen LogP contribution >= 0.6 is 0 Å². The van der Waals surface area contributed by atoms with Crippen LogP contribution in [0.4, 0.5) is 0 Å². The Balaban J connectivity index is 2.46. The van der Waals surface area contributed by atoms with Gasteiger partial charge in [-0.2, -0.15) is 0 Å². The molecule has 0 fully saturated rings. The number of aromatic nitrogens is 2. The van der Waals surface area contributed by atoms with E-state index in [-0.39, 0.29) is 6.04 Å². The molecule has 0 amide bonds. The Bertz CT molecular complexity index is 551. The highest BCUT2D eigenvalue weighted by Gasteiger charge is 2.20. The molecule has 19 heavy (non-hydrogen) atoms. The lowest BCUT2D eigenvalue weighted by molar-refractivity contribution is 0.387. The van der Waals surface area contributed by atoms with Crippen molar-refractivity contribution in [1.82, 2.24) is 14.9 Å². The first-order valence-electron chi connectivity index (χ1n) is 6.07. The van der Waals surface area contributed by atoms with Gasteiger partial charge >= 0.3 is 0 Å². The van der Waals surface area contributed by atoms with Gasteiger partial charge in [0.25, 0.3) is 0 Å². The van der Waals surface area contributed by atoms with Crippen molar-refractivity contribution in [1.29, 1.82) is 0 Å². The maximum absolute atomic E-state index is 5.45. The molecule has 2 rings (SSSR count). The van der Waals surface area contributed by atoms with Gasteiger partial charge in [0, 0.05) is 31.1 Å². The second-order valence-electron chi connectivity index (χ2n) is 4.23. The van der Waals surface area contributed by atoms with Crippen LogP contribution in [0.5, 0.6) is 11.5 Å². The Morgan fingerprint density at radius 3 is 2.58 bits per heavy atom. The largest absolute Gasteiger partial charge is 0.497 e. The molecule has 0 bridgehead atoms. The van der Waals surface area contributed by atoms with E-state index in [1.165, 1.54) is 0 Å². The Morgan fingerprint density at radius 2 is 2.05 bits per heavy atom. The second kappa shape index (κ2) is 5.75. The Kier molecular flexibility index (Phi) is 4.06. The molecule has 1 atom stereocenters. The van der Waals surface area contributed by atoms with Gasteiger partial charge in [-0.15, -0.1) is 0 Å². The number of ether oxygens (including phenoxy) is 2. The van der Waals surface area contributed by atoms with E-state index in [9.17, 15) is 0 Å². The fraction of sp³-hybridized carbons (Fsp3) is 0.357. The highest BCUT2D eigenvalue weighted by molar-refractivity contribution is 5.44. The fourth-order valence-corrected chi connectivity index (χ4v) is 2.14. The molecular formula is C14H19N3O2. The average molecular weight is 261 g/mol. The van der Waals surface area contributed by atoms with Crippen LogP contribution in [-0.4, -0.2) is 30.8 Å². The molecule has 1 aromatic heterocycles. The van der Waals surface area contributed by atoms with Gasteiger partial charge in [-0.05, 0) is 19.2 Å². The smallest absolute Gasteiger partial charge is 0.130 e. The molecular weight excluding hydrogens is 242 g/mol. The third-order valence-corrected chi connectivity index (χ3v) is 3.16. The number of methoxy groups -OCH3 is 2. The van der Waals surface area contributed by atoms with Gasteiger partial charge in [0.2, 0.25) is 0 Å². The van der Waals surface area contributed by atoms with E-state index in [1.54, 1.807) is 20.4 Å². The minimum absolute atomic E-state index is 0.0270. The highest BCUT2D eigenvalue weighted by atomic mass is 16.5. The van der Waals surface area contributed by atoms with Gasteiger partial charge in [-0.1, -0.05) is 0 Å². The zero-order valence-corrected chi connectivity index (χ0v) is 11.7. The van der Waals surface area contributed by atoms with Crippen molar-refractivity contribution in [3.63, 3.8) is 0 Å². The monoisotopic (exact) mass is 261 g/mol. The first kappa shape index (κ1) is 13.4.